The van der Waals surface area contributed by atoms with Crippen molar-refractivity contribution in [3.63, 3.8) is 0 Å². The van der Waals surface area contributed by atoms with Crippen LogP contribution in [0.1, 0.15) is 41.0 Å². The lowest BCUT2D eigenvalue weighted by Gasteiger charge is -2.24. The summed E-state index contributed by atoms with van der Waals surface area (Å²) < 4.78 is 10.3. The van der Waals surface area contributed by atoms with Gasteiger partial charge in [0.15, 0.2) is 5.92 Å². The highest BCUT2D eigenvalue weighted by molar-refractivity contribution is 5.96. The summed E-state index contributed by atoms with van der Waals surface area (Å²) in [6.45, 7) is 8.53. The smallest absolute Gasteiger partial charge is 0.320 e. The van der Waals surface area contributed by atoms with E-state index in [2.05, 4.69) is 0 Å². The van der Waals surface area contributed by atoms with Crippen LogP contribution in [0.5, 0.6) is 0 Å². The minimum Gasteiger partial charge on any atom is -0.462 e. The number of hydrogen-bond acceptors (Lipinski definition) is 5. The number of hydrogen-bond donors (Lipinski definition) is 0. The van der Waals surface area contributed by atoms with Crippen LogP contribution >= 0.6 is 0 Å². The predicted molar refractivity (Wildman–Crippen MR) is 95.0 cm³/mol. The quantitative estimate of drug-likeness (QED) is 0.533. The zero-order valence-electron chi connectivity index (χ0n) is 15.5. The zero-order chi connectivity index (χ0) is 19.0. The minimum absolute atomic E-state index is 0.131. The van der Waals surface area contributed by atoms with Gasteiger partial charge in [-0.05, 0) is 46.2 Å². The third-order valence-corrected chi connectivity index (χ3v) is 3.36. The SMILES string of the molecule is CC(=O)N(CCC(C(=O)OC(C)C)C(=O)OC(C)C)c1ccccc1. The molecule has 6 heteroatoms. The third kappa shape index (κ3) is 6.95. The van der Waals surface area contributed by atoms with Crippen LogP contribution < -0.4 is 4.90 Å². The summed E-state index contributed by atoms with van der Waals surface area (Å²) in [7, 11) is 0. The number of carbonyl (C=O) groups is 3. The topological polar surface area (TPSA) is 72.9 Å². The Kier molecular flexibility index (Phi) is 8.11. The van der Waals surface area contributed by atoms with Crippen LogP contribution in [0, 0.1) is 5.92 Å². The maximum atomic E-state index is 12.3. The number of ether oxygens (including phenoxy) is 2. The van der Waals surface area contributed by atoms with Gasteiger partial charge in [-0.1, -0.05) is 18.2 Å². The van der Waals surface area contributed by atoms with Crippen LogP contribution in [0.2, 0.25) is 0 Å². The number of esters is 2. The van der Waals surface area contributed by atoms with Gasteiger partial charge in [-0.15, -0.1) is 0 Å². The second-order valence-electron chi connectivity index (χ2n) is 6.32. The molecule has 0 atom stereocenters. The second-order valence-corrected chi connectivity index (χ2v) is 6.32. The van der Waals surface area contributed by atoms with E-state index in [9.17, 15) is 14.4 Å². The molecule has 0 unspecified atom stereocenters. The zero-order valence-corrected chi connectivity index (χ0v) is 15.5. The number of carbonyl (C=O) groups excluding carboxylic acids is 3. The highest BCUT2D eigenvalue weighted by atomic mass is 16.6. The Bertz CT molecular complexity index is 561. The van der Waals surface area contributed by atoms with Gasteiger partial charge in [0.05, 0.1) is 12.2 Å². The molecule has 0 fully saturated rings. The van der Waals surface area contributed by atoms with E-state index in [4.69, 9.17) is 9.47 Å². The molecule has 0 aliphatic carbocycles. The lowest BCUT2D eigenvalue weighted by molar-refractivity contribution is -0.166. The second kappa shape index (κ2) is 9.81. The predicted octanol–water partition coefficient (Wildman–Crippen LogP) is 2.95. The average Bonchev–Trinajstić information content (AvgIpc) is 2.50. The number of nitrogens with zero attached hydrogens (tertiary/aromatic N) is 1. The highest BCUT2D eigenvalue weighted by Crippen LogP contribution is 2.18. The van der Waals surface area contributed by atoms with Crippen LogP contribution in [0.25, 0.3) is 0 Å². The molecule has 0 radical (unpaired) electrons. The molecule has 1 aromatic rings. The molecular weight excluding hydrogens is 322 g/mol. The Morgan fingerprint density at radius 3 is 1.80 bits per heavy atom. The van der Waals surface area contributed by atoms with E-state index in [0.29, 0.717) is 5.69 Å². The van der Waals surface area contributed by atoms with Crippen molar-refractivity contribution in [3.05, 3.63) is 30.3 Å². The van der Waals surface area contributed by atoms with Crippen molar-refractivity contribution < 1.29 is 23.9 Å². The Morgan fingerprint density at radius 1 is 0.920 bits per heavy atom. The van der Waals surface area contributed by atoms with Crippen molar-refractivity contribution in [3.8, 4) is 0 Å². The standard InChI is InChI=1S/C19H27NO5/c1-13(2)24-18(22)17(19(23)25-14(3)4)11-12-20(15(5)21)16-9-7-6-8-10-16/h6-10,13-14,17H,11-12H2,1-5H3. The first-order chi connectivity index (χ1) is 11.7. The summed E-state index contributed by atoms with van der Waals surface area (Å²) in [5, 5.41) is 0. The van der Waals surface area contributed by atoms with Gasteiger partial charge in [0.1, 0.15) is 0 Å². The van der Waals surface area contributed by atoms with E-state index >= 15 is 0 Å². The van der Waals surface area contributed by atoms with E-state index in [1.165, 1.54) is 11.8 Å². The van der Waals surface area contributed by atoms with E-state index in [0.717, 1.165) is 0 Å². The molecule has 0 N–H and O–H groups in total. The molecule has 0 saturated heterocycles. The summed E-state index contributed by atoms with van der Waals surface area (Å²) in [4.78, 5) is 38.0. The minimum atomic E-state index is -1.06. The van der Waals surface area contributed by atoms with Crippen molar-refractivity contribution in [2.75, 3.05) is 11.4 Å². The van der Waals surface area contributed by atoms with Gasteiger partial charge in [0.25, 0.3) is 0 Å². The van der Waals surface area contributed by atoms with Gasteiger partial charge in [0.2, 0.25) is 5.91 Å². The molecule has 138 valence electrons. The van der Waals surface area contributed by atoms with Crippen LogP contribution in [0.4, 0.5) is 5.69 Å². The Labute approximate surface area is 149 Å². The van der Waals surface area contributed by atoms with E-state index in [1.54, 1.807) is 39.8 Å². The fraction of sp³-hybridized carbons (Fsp3) is 0.526. The monoisotopic (exact) mass is 349 g/mol. The van der Waals surface area contributed by atoms with Gasteiger partial charge in [-0.2, -0.15) is 0 Å². The van der Waals surface area contributed by atoms with E-state index in [1.807, 2.05) is 18.2 Å². The average molecular weight is 349 g/mol. The van der Waals surface area contributed by atoms with Crippen molar-refractivity contribution >= 4 is 23.5 Å². The van der Waals surface area contributed by atoms with Crippen LogP contribution in [0.3, 0.4) is 0 Å². The third-order valence-electron chi connectivity index (χ3n) is 3.36. The number of anilines is 1. The molecule has 0 aliphatic rings. The Morgan fingerprint density at radius 2 is 1.40 bits per heavy atom. The van der Waals surface area contributed by atoms with Crippen molar-refractivity contribution in [2.24, 2.45) is 5.92 Å². The van der Waals surface area contributed by atoms with Gasteiger partial charge in [0, 0.05) is 19.2 Å². The first-order valence-corrected chi connectivity index (χ1v) is 8.46. The molecular formula is C19H27NO5. The number of amides is 1. The summed E-state index contributed by atoms with van der Waals surface area (Å²) in [5.41, 5.74) is 0.711. The summed E-state index contributed by atoms with van der Waals surface area (Å²) >= 11 is 0. The molecule has 0 bridgehead atoms. The van der Waals surface area contributed by atoms with Crippen molar-refractivity contribution in [1.82, 2.24) is 0 Å². The van der Waals surface area contributed by atoms with Crippen LogP contribution in [-0.2, 0) is 23.9 Å². The Balaban J connectivity index is 2.89. The van der Waals surface area contributed by atoms with Gasteiger partial charge in [-0.25, -0.2) is 0 Å². The van der Waals surface area contributed by atoms with Gasteiger partial charge < -0.3 is 14.4 Å². The maximum absolute atomic E-state index is 12.3. The molecule has 0 heterocycles. The van der Waals surface area contributed by atoms with E-state index in [-0.39, 0.29) is 31.1 Å². The molecule has 1 rings (SSSR count). The molecule has 0 saturated carbocycles. The maximum Gasteiger partial charge on any atom is 0.320 e. The fourth-order valence-corrected chi connectivity index (χ4v) is 2.30. The largest absolute Gasteiger partial charge is 0.462 e. The number of para-hydroxylation sites is 1. The molecule has 1 amide bonds. The molecule has 0 aliphatic heterocycles. The summed E-state index contributed by atoms with van der Waals surface area (Å²) in [6.07, 6.45) is -0.536. The van der Waals surface area contributed by atoms with Gasteiger partial charge >= 0.3 is 11.9 Å². The number of rotatable bonds is 8. The van der Waals surface area contributed by atoms with E-state index < -0.39 is 17.9 Å². The van der Waals surface area contributed by atoms with Crippen molar-refractivity contribution in [2.45, 2.75) is 53.2 Å². The lowest BCUT2D eigenvalue weighted by Crippen LogP contribution is -2.36. The van der Waals surface area contributed by atoms with Crippen LogP contribution in [-0.4, -0.2) is 36.6 Å². The molecule has 1 aromatic carbocycles. The first kappa shape index (κ1) is 20.7. The highest BCUT2D eigenvalue weighted by Gasteiger charge is 2.32. The molecule has 25 heavy (non-hydrogen) atoms. The number of benzene rings is 1. The summed E-state index contributed by atoms with van der Waals surface area (Å²) in [5.74, 6) is -2.48. The first-order valence-electron chi connectivity index (χ1n) is 8.46. The van der Waals surface area contributed by atoms with Crippen molar-refractivity contribution in [1.29, 1.82) is 0 Å². The lowest BCUT2D eigenvalue weighted by atomic mass is 10.1. The molecule has 6 nitrogen and oxygen atoms in total. The Hall–Kier alpha value is -2.37. The normalized spacial score (nSPS) is 10.9. The van der Waals surface area contributed by atoms with Gasteiger partial charge in [-0.3, -0.25) is 14.4 Å². The summed E-state index contributed by atoms with van der Waals surface area (Å²) in [6, 6.07) is 9.10. The van der Waals surface area contributed by atoms with Crippen LogP contribution in [0.15, 0.2) is 30.3 Å². The fourth-order valence-electron chi connectivity index (χ4n) is 2.30. The molecule has 0 aromatic heterocycles. The molecule has 0 spiro atoms.